The standard InChI is InChI=1S/C21H24FN3O2S/c1-13(2)10-25-15(4)19(14(3)24-25)9-20(26)27-11-18-12-28-21(23-18)16-5-7-17(22)8-6-16/h5-8,12-13H,9-11H2,1-4H3. The Kier molecular flexibility index (Phi) is 6.24. The van der Waals surface area contributed by atoms with Crippen LogP contribution in [0.15, 0.2) is 29.6 Å². The van der Waals surface area contributed by atoms with Gasteiger partial charge in [-0.05, 0) is 44.0 Å². The summed E-state index contributed by atoms with van der Waals surface area (Å²) in [6, 6.07) is 6.18. The van der Waals surface area contributed by atoms with Crippen molar-refractivity contribution < 1.29 is 13.9 Å². The largest absolute Gasteiger partial charge is 0.459 e. The summed E-state index contributed by atoms with van der Waals surface area (Å²) in [5.41, 5.74) is 4.32. The molecule has 0 aliphatic carbocycles. The van der Waals surface area contributed by atoms with Crippen LogP contribution in [0, 0.1) is 25.6 Å². The number of hydrogen-bond donors (Lipinski definition) is 0. The zero-order valence-electron chi connectivity index (χ0n) is 16.5. The van der Waals surface area contributed by atoms with Crippen molar-refractivity contribution in [1.82, 2.24) is 14.8 Å². The van der Waals surface area contributed by atoms with E-state index in [1.807, 2.05) is 23.9 Å². The van der Waals surface area contributed by atoms with E-state index in [4.69, 9.17) is 4.74 Å². The van der Waals surface area contributed by atoms with Crippen LogP contribution in [0.3, 0.4) is 0 Å². The van der Waals surface area contributed by atoms with Gasteiger partial charge in [0.25, 0.3) is 0 Å². The fraction of sp³-hybridized carbons (Fsp3) is 0.381. The van der Waals surface area contributed by atoms with E-state index in [2.05, 4.69) is 23.9 Å². The lowest BCUT2D eigenvalue weighted by molar-refractivity contribution is -0.144. The second-order valence-electron chi connectivity index (χ2n) is 7.21. The molecule has 0 aliphatic heterocycles. The minimum Gasteiger partial charge on any atom is -0.459 e. The highest BCUT2D eigenvalue weighted by molar-refractivity contribution is 7.13. The minimum absolute atomic E-state index is 0.120. The smallest absolute Gasteiger partial charge is 0.310 e. The van der Waals surface area contributed by atoms with E-state index < -0.39 is 0 Å². The second-order valence-corrected chi connectivity index (χ2v) is 8.07. The van der Waals surface area contributed by atoms with Crippen molar-refractivity contribution in [2.75, 3.05) is 0 Å². The van der Waals surface area contributed by atoms with E-state index in [0.717, 1.165) is 34.1 Å². The number of esters is 1. The number of aromatic nitrogens is 3. The third kappa shape index (κ3) is 4.84. The molecule has 2 heterocycles. The van der Waals surface area contributed by atoms with Gasteiger partial charge in [-0.2, -0.15) is 5.10 Å². The van der Waals surface area contributed by atoms with Gasteiger partial charge in [0.15, 0.2) is 0 Å². The molecule has 0 bridgehead atoms. The average molecular weight is 402 g/mol. The number of carbonyl (C=O) groups is 1. The minimum atomic E-state index is -0.299. The molecule has 3 rings (SSSR count). The highest BCUT2D eigenvalue weighted by Crippen LogP contribution is 2.24. The first-order valence-electron chi connectivity index (χ1n) is 9.22. The molecule has 0 saturated heterocycles. The van der Waals surface area contributed by atoms with Gasteiger partial charge in [-0.15, -0.1) is 11.3 Å². The Labute approximate surface area is 168 Å². The van der Waals surface area contributed by atoms with E-state index in [0.29, 0.717) is 11.6 Å². The third-order valence-corrected chi connectivity index (χ3v) is 5.35. The van der Waals surface area contributed by atoms with Crippen molar-refractivity contribution in [3.05, 3.63) is 58.1 Å². The van der Waals surface area contributed by atoms with Crippen LogP contribution < -0.4 is 0 Å². The molecule has 3 aromatic rings. The number of hydrogen-bond acceptors (Lipinski definition) is 5. The predicted octanol–water partition coefficient (Wildman–Crippen LogP) is 4.70. The van der Waals surface area contributed by atoms with Gasteiger partial charge in [0, 0.05) is 28.7 Å². The van der Waals surface area contributed by atoms with Crippen LogP contribution in [0.5, 0.6) is 0 Å². The molecular formula is C21H24FN3O2S. The van der Waals surface area contributed by atoms with Gasteiger partial charge in [-0.3, -0.25) is 9.48 Å². The van der Waals surface area contributed by atoms with E-state index in [-0.39, 0.29) is 24.8 Å². The van der Waals surface area contributed by atoms with E-state index >= 15 is 0 Å². The number of ether oxygens (including phenoxy) is 1. The molecule has 0 atom stereocenters. The highest BCUT2D eigenvalue weighted by Gasteiger charge is 2.17. The lowest BCUT2D eigenvalue weighted by Gasteiger charge is -2.08. The Morgan fingerprint density at radius 2 is 1.96 bits per heavy atom. The Bertz CT molecular complexity index is 961. The van der Waals surface area contributed by atoms with Gasteiger partial charge in [0.1, 0.15) is 17.4 Å². The first-order chi connectivity index (χ1) is 13.3. The zero-order valence-corrected chi connectivity index (χ0v) is 17.3. The summed E-state index contributed by atoms with van der Waals surface area (Å²) in [5, 5.41) is 7.16. The summed E-state index contributed by atoms with van der Waals surface area (Å²) < 4.78 is 20.4. The molecule has 0 spiro atoms. The van der Waals surface area contributed by atoms with E-state index in [1.165, 1.54) is 23.5 Å². The first-order valence-corrected chi connectivity index (χ1v) is 10.1. The second kappa shape index (κ2) is 8.65. The molecule has 2 aromatic heterocycles. The highest BCUT2D eigenvalue weighted by atomic mass is 32.1. The maximum atomic E-state index is 13.0. The van der Waals surface area contributed by atoms with Crippen LogP contribution >= 0.6 is 11.3 Å². The van der Waals surface area contributed by atoms with Gasteiger partial charge in [0.2, 0.25) is 0 Å². The van der Waals surface area contributed by atoms with Crippen LogP contribution in [-0.2, 0) is 29.1 Å². The summed E-state index contributed by atoms with van der Waals surface area (Å²) in [5.74, 6) is -0.0961. The number of carbonyl (C=O) groups excluding carboxylic acids is 1. The monoisotopic (exact) mass is 401 g/mol. The molecule has 148 valence electrons. The van der Waals surface area contributed by atoms with Crippen LogP contribution in [0.1, 0.15) is 36.5 Å². The molecule has 0 aliphatic rings. The molecular weight excluding hydrogens is 377 g/mol. The average Bonchev–Trinajstić information content (AvgIpc) is 3.21. The summed E-state index contributed by atoms with van der Waals surface area (Å²) in [4.78, 5) is 16.8. The molecule has 0 radical (unpaired) electrons. The Morgan fingerprint density at radius 1 is 1.25 bits per heavy atom. The lowest BCUT2D eigenvalue weighted by Crippen LogP contribution is -2.11. The van der Waals surface area contributed by atoms with Gasteiger partial charge >= 0.3 is 5.97 Å². The van der Waals surface area contributed by atoms with E-state index in [1.54, 1.807) is 12.1 Å². The third-order valence-electron chi connectivity index (χ3n) is 4.41. The van der Waals surface area contributed by atoms with Gasteiger partial charge in [-0.25, -0.2) is 9.37 Å². The number of thiazole rings is 1. The Morgan fingerprint density at radius 3 is 2.64 bits per heavy atom. The molecule has 28 heavy (non-hydrogen) atoms. The van der Waals surface area contributed by atoms with Crippen LogP contribution in [0.2, 0.25) is 0 Å². The van der Waals surface area contributed by atoms with Crippen LogP contribution in [0.25, 0.3) is 10.6 Å². The Balaban J connectivity index is 1.59. The fourth-order valence-corrected chi connectivity index (χ4v) is 3.77. The summed E-state index contributed by atoms with van der Waals surface area (Å²) in [7, 11) is 0. The molecule has 5 nitrogen and oxygen atoms in total. The maximum absolute atomic E-state index is 13.0. The molecule has 0 fully saturated rings. The molecule has 0 unspecified atom stereocenters. The summed E-state index contributed by atoms with van der Waals surface area (Å²) >= 11 is 1.44. The summed E-state index contributed by atoms with van der Waals surface area (Å²) in [6.07, 6.45) is 0.199. The van der Waals surface area contributed by atoms with Crippen molar-refractivity contribution in [3.8, 4) is 10.6 Å². The van der Waals surface area contributed by atoms with Gasteiger partial charge < -0.3 is 4.74 Å². The van der Waals surface area contributed by atoms with Crippen LogP contribution in [-0.4, -0.2) is 20.7 Å². The van der Waals surface area contributed by atoms with E-state index in [9.17, 15) is 9.18 Å². The molecule has 0 saturated carbocycles. The van der Waals surface area contributed by atoms with Crippen molar-refractivity contribution in [3.63, 3.8) is 0 Å². The normalized spacial score (nSPS) is 11.2. The lowest BCUT2D eigenvalue weighted by atomic mass is 10.1. The number of nitrogens with zero attached hydrogens (tertiary/aromatic N) is 3. The molecule has 0 N–H and O–H groups in total. The Hall–Kier alpha value is -2.54. The van der Waals surface area contributed by atoms with Crippen molar-refractivity contribution in [2.24, 2.45) is 5.92 Å². The predicted molar refractivity (Wildman–Crippen MR) is 108 cm³/mol. The van der Waals surface area contributed by atoms with Crippen molar-refractivity contribution in [2.45, 2.75) is 47.3 Å². The summed E-state index contributed by atoms with van der Waals surface area (Å²) in [6.45, 7) is 9.13. The van der Waals surface area contributed by atoms with Gasteiger partial charge in [-0.1, -0.05) is 13.8 Å². The SMILES string of the molecule is Cc1nn(CC(C)C)c(C)c1CC(=O)OCc1csc(-c2ccc(F)cc2)n1. The zero-order chi connectivity index (χ0) is 20.3. The topological polar surface area (TPSA) is 57.0 Å². The molecule has 1 aromatic carbocycles. The quantitative estimate of drug-likeness (QED) is 0.538. The first kappa shape index (κ1) is 20.2. The number of halogens is 1. The number of rotatable bonds is 7. The van der Waals surface area contributed by atoms with Crippen molar-refractivity contribution in [1.29, 1.82) is 0 Å². The molecule has 7 heteroatoms. The molecule has 0 amide bonds. The maximum Gasteiger partial charge on any atom is 0.310 e. The van der Waals surface area contributed by atoms with Crippen molar-refractivity contribution >= 4 is 17.3 Å². The number of benzene rings is 1. The fourth-order valence-electron chi connectivity index (χ4n) is 2.96. The van der Waals surface area contributed by atoms with Crippen LogP contribution in [0.4, 0.5) is 4.39 Å². The van der Waals surface area contributed by atoms with Gasteiger partial charge in [0.05, 0.1) is 17.8 Å². The number of aryl methyl sites for hydroxylation is 1.